The zero-order valence-corrected chi connectivity index (χ0v) is 8.58. The van der Waals surface area contributed by atoms with E-state index in [1.165, 1.54) is 0 Å². The van der Waals surface area contributed by atoms with Crippen molar-refractivity contribution in [3.63, 3.8) is 0 Å². The summed E-state index contributed by atoms with van der Waals surface area (Å²) in [5, 5.41) is 0. The molecule has 0 atom stereocenters. The molecule has 0 aliphatic heterocycles. The number of hydrogen-bond acceptors (Lipinski definition) is 2. The lowest BCUT2D eigenvalue weighted by Crippen LogP contribution is -1.82. The van der Waals surface area contributed by atoms with Crippen molar-refractivity contribution in [2.24, 2.45) is 0 Å². The largest absolute Gasteiger partial charge is 0.265 e. The van der Waals surface area contributed by atoms with Crippen LogP contribution in [0.3, 0.4) is 0 Å². The highest BCUT2D eigenvalue weighted by Gasteiger charge is 1.83. The van der Waals surface area contributed by atoms with E-state index in [1.54, 1.807) is 18.6 Å². The monoisotopic (exact) mass is 198 g/mol. The van der Waals surface area contributed by atoms with E-state index in [0.29, 0.717) is 0 Å². The highest BCUT2D eigenvalue weighted by Crippen LogP contribution is 1.93. The Morgan fingerprint density at radius 1 is 1.00 bits per heavy atom. The third kappa shape index (κ3) is 5.37. The fourth-order valence-corrected chi connectivity index (χ4v) is 0.979. The quantitative estimate of drug-likeness (QED) is 0.693. The molecule has 76 valence electrons. The Morgan fingerprint density at radius 3 is 2.13 bits per heavy atom. The van der Waals surface area contributed by atoms with Gasteiger partial charge in [-0.05, 0) is 24.3 Å². The molecule has 0 amide bonds. The Labute approximate surface area is 90.3 Å². The van der Waals surface area contributed by atoms with Crippen LogP contribution in [0.5, 0.6) is 0 Å². The van der Waals surface area contributed by atoms with E-state index in [0.717, 1.165) is 12.1 Å². The van der Waals surface area contributed by atoms with E-state index in [2.05, 4.69) is 16.5 Å². The summed E-state index contributed by atoms with van der Waals surface area (Å²) < 4.78 is 0. The van der Waals surface area contributed by atoms with Gasteiger partial charge in [-0.3, -0.25) is 9.97 Å². The number of rotatable bonds is 2. The summed E-state index contributed by atoms with van der Waals surface area (Å²) in [6, 6.07) is 11.6. The summed E-state index contributed by atoms with van der Waals surface area (Å²) in [7, 11) is 0. The van der Waals surface area contributed by atoms with E-state index in [9.17, 15) is 0 Å². The first-order valence-electron chi connectivity index (χ1n) is 4.79. The fourth-order valence-electron chi connectivity index (χ4n) is 0.979. The fraction of sp³-hybridized carbons (Fsp3) is 0.0769. The molecule has 2 rings (SSSR count). The summed E-state index contributed by atoms with van der Waals surface area (Å²) in [5.74, 6) is 0. The average Bonchev–Trinajstić information content (AvgIpc) is 2.34. The lowest BCUT2D eigenvalue weighted by Gasteiger charge is -1.90. The van der Waals surface area contributed by atoms with Crippen molar-refractivity contribution in [3.8, 4) is 0 Å². The predicted octanol–water partition coefficient (Wildman–Crippen LogP) is 2.89. The molecule has 0 aliphatic carbocycles. The number of pyridine rings is 2. The number of nitrogens with zero attached hydrogens (tertiary/aromatic N) is 2. The Morgan fingerprint density at radius 2 is 1.73 bits per heavy atom. The highest BCUT2D eigenvalue weighted by molar-refractivity contribution is 5.06. The summed E-state index contributed by atoms with van der Waals surface area (Å²) >= 11 is 0. The maximum Gasteiger partial charge on any atom is 0.0441 e. The van der Waals surface area contributed by atoms with Crippen molar-refractivity contribution in [2.45, 2.75) is 6.42 Å². The molecule has 2 heteroatoms. The minimum absolute atomic E-state index is 0.862. The van der Waals surface area contributed by atoms with Crippen molar-refractivity contribution >= 4 is 0 Å². The average molecular weight is 198 g/mol. The molecule has 2 nitrogen and oxygen atoms in total. The minimum atomic E-state index is 0.862. The third-order valence-electron chi connectivity index (χ3n) is 1.65. The van der Waals surface area contributed by atoms with Gasteiger partial charge in [0.1, 0.15) is 0 Å². The molecule has 0 bridgehead atoms. The van der Waals surface area contributed by atoms with Gasteiger partial charge in [-0.1, -0.05) is 18.2 Å². The predicted molar refractivity (Wildman–Crippen MR) is 62.4 cm³/mol. The van der Waals surface area contributed by atoms with E-state index in [-0.39, 0.29) is 0 Å². The summed E-state index contributed by atoms with van der Waals surface area (Å²) in [6.07, 6.45) is 8.00. The Kier molecular flexibility index (Phi) is 5.52. The Hall–Kier alpha value is -1.96. The summed E-state index contributed by atoms with van der Waals surface area (Å²) in [5.41, 5.74) is 1.08. The molecule has 0 saturated heterocycles. The molecule has 15 heavy (non-hydrogen) atoms. The molecule has 2 heterocycles. The van der Waals surface area contributed by atoms with Gasteiger partial charge in [0.15, 0.2) is 0 Å². The number of allylic oxidation sites excluding steroid dienone is 1. The van der Waals surface area contributed by atoms with Crippen LogP contribution in [0.1, 0.15) is 5.69 Å². The standard InChI is InChI=1S/C8H9N.C5H5N/c1-2-5-8-6-3-4-7-9-8;1-2-4-6-5-3-1/h2-4,6-7H,1,5H2;1-5H. The van der Waals surface area contributed by atoms with Gasteiger partial charge in [0, 0.05) is 30.7 Å². The van der Waals surface area contributed by atoms with Crippen molar-refractivity contribution < 1.29 is 0 Å². The van der Waals surface area contributed by atoms with Gasteiger partial charge in [-0.15, -0.1) is 6.58 Å². The molecule has 0 saturated carbocycles. The van der Waals surface area contributed by atoms with Crippen molar-refractivity contribution in [1.82, 2.24) is 9.97 Å². The van der Waals surface area contributed by atoms with Gasteiger partial charge in [-0.25, -0.2) is 0 Å². The third-order valence-corrected chi connectivity index (χ3v) is 1.65. The molecule has 0 radical (unpaired) electrons. The van der Waals surface area contributed by atoms with Crippen molar-refractivity contribution in [2.75, 3.05) is 0 Å². The van der Waals surface area contributed by atoms with Gasteiger partial charge in [0.05, 0.1) is 0 Å². The number of hydrogen-bond donors (Lipinski definition) is 0. The number of aromatic nitrogens is 2. The smallest absolute Gasteiger partial charge is 0.0441 e. The molecule has 0 fully saturated rings. The van der Waals surface area contributed by atoms with Crippen LogP contribution in [0.2, 0.25) is 0 Å². The molecule has 0 N–H and O–H groups in total. The Bertz CT molecular complexity index is 330. The maximum absolute atomic E-state index is 4.10. The second-order valence-electron chi connectivity index (χ2n) is 2.84. The molecule has 0 aromatic carbocycles. The second-order valence-corrected chi connectivity index (χ2v) is 2.84. The van der Waals surface area contributed by atoms with Crippen LogP contribution >= 0.6 is 0 Å². The normalized spacial score (nSPS) is 8.53. The zero-order chi connectivity index (χ0) is 10.8. The van der Waals surface area contributed by atoms with E-state index in [1.807, 2.05) is 42.5 Å². The maximum atomic E-state index is 4.10. The first-order chi connectivity index (χ1) is 7.43. The molecular formula is C13H14N2. The Balaban J connectivity index is 0.000000162. The highest BCUT2D eigenvalue weighted by atomic mass is 14.7. The molecule has 2 aromatic heterocycles. The lowest BCUT2D eigenvalue weighted by atomic mass is 10.3. The molecule has 0 aliphatic rings. The first kappa shape index (κ1) is 11.1. The SMILES string of the molecule is C=CCc1ccccn1.c1ccncc1. The van der Waals surface area contributed by atoms with Crippen LogP contribution in [-0.4, -0.2) is 9.97 Å². The van der Waals surface area contributed by atoms with Crippen LogP contribution in [0.25, 0.3) is 0 Å². The van der Waals surface area contributed by atoms with Crippen LogP contribution in [0, 0.1) is 0 Å². The zero-order valence-electron chi connectivity index (χ0n) is 8.58. The van der Waals surface area contributed by atoms with Crippen molar-refractivity contribution in [1.29, 1.82) is 0 Å². The summed E-state index contributed by atoms with van der Waals surface area (Å²) in [4.78, 5) is 7.88. The topological polar surface area (TPSA) is 25.8 Å². The molecule has 0 spiro atoms. The molecule has 0 unspecified atom stereocenters. The van der Waals surface area contributed by atoms with E-state index in [4.69, 9.17) is 0 Å². The van der Waals surface area contributed by atoms with E-state index < -0.39 is 0 Å². The summed E-state index contributed by atoms with van der Waals surface area (Å²) in [6.45, 7) is 3.62. The van der Waals surface area contributed by atoms with Crippen molar-refractivity contribution in [3.05, 3.63) is 73.3 Å². The lowest BCUT2D eigenvalue weighted by molar-refractivity contribution is 1.11. The second kappa shape index (κ2) is 7.44. The molecular weight excluding hydrogens is 184 g/mol. The van der Waals surface area contributed by atoms with E-state index >= 15 is 0 Å². The van der Waals surface area contributed by atoms with Gasteiger partial charge in [-0.2, -0.15) is 0 Å². The first-order valence-corrected chi connectivity index (χ1v) is 4.79. The van der Waals surface area contributed by atoms with Crippen LogP contribution in [0.15, 0.2) is 67.6 Å². The van der Waals surface area contributed by atoms with Crippen LogP contribution in [0.4, 0.5) is 0 Å². The minimum Gasteiger partial charge on any atom is -0.265 e. The van der Waals surface area contributed by atoms with Crippen LogP contribution in [-0.2, 0) is 6.42 Å². The van der Waals surface area contributed by atoms with Gasteiger partial charge in [0.2, 0.25) is 0 Å². The van der Waals surface area contributed by atoms with Crippen LogP contribution < -0.4 is 0 Å². The molecule has 2 aromatic rings. The van der Waals surface area contributed by atoms with Gasteiger partial charge >= 0.3 is 0 Å². The van der Waals surface area contributed by atoms with Gasteiger partial charge < -0.3 is 0 Å². The van der Waals surface area contributed by atoms with Gasteiger partial charge in [0.25, 0.3) is 0 Å².